The molecule has 5 heteroatoms. The van der Waals surface area contributed by atoms with E-state index in [4.69, 9.17) is 7.15 Å². The number of carbonyl (C=O) groups excluding carboxylic acids is 2. The average molecular weight is 202 g/mol. The minimum absolute atomic E-state index is 0.294. The van der Waals surface area contributed by atoms with E-state index in [0.717, 1.165) is 0 Å². The van der Waals surface area contributed by atoms with Gasteiger partial charge in [-0.15, -0.1) is 0 Å². The highest BCUT2D eigenvalue weighted by atomic mass is 16.2. The fourth-order valence-corrected chi connectivity index (χ4v) is 0.964. The monoisotopic (exact) mass is 202 g/mol. The number of hydrogen-bond acceptors (Lipinski definition) is 3. The van der Waals surface area contributed by atoms with Crippen LogP contribution in [0.25, 0.3) is 0 Å². The van der Waals surface area contributed by atoms with Crippen molar-refractivity contribution in [1.82, 2.24) is 5.32 Å². The average Bonchev–Trinajstić information content (AvgIpc) is 2.13. The molecule has 0 fully saturated rings. The smallest absolute Gasteiger partial charge is 0.239 e. The molecule has 0 aromatic rings. The second-order valence-electron chi connectivity index (χ2n) is 3.81. The molecule has 1 unspecified atom stereocenters. The Morgan fingerprint density at radius 1 is 1.43 bits per heavy atom. The maximum Gasteiger partial charge on any atom is 0.239 e. The molecule has 14 heavy (non-hydrogen) atoms. The Hall–Kier alpha value is -1.10. The van der Waals surface area contributed by atoms with Crippen molar-refractivity contribution in [3.8, 4) is 0 Å². The minimum Gasteiger partial charge on any atom is -0.368 e. The van der Waals surface area contributed by atoms with Crippen molar-refractivity contribution in [2.75, 3.05) is 0 Å². The van der Waals surface area contributed by atoms with Crippen LogP contribution in [0, 0.1) is 5.92 Å². The van der Waals surface area contributed by atoms with Crippen LogP contribution in [0.2, 0.25) is 1.41 Å². The highest BCUT2D eigenvalue weighted by Crippen LogP contribution is 2.02. The van der Waals surface area contributed by atoms with E-state index in [0.29, 0.717) is 12.3 Å². The van der Waals surface area contributed by atoms with Crippen LogP contribution < -0.4 is 16.8 Å². The van der Waals surface area contributed by atoms with Crippen molar-refractivity contribution in [3.05, 3.63) is 0 Å². The van der Waals surface area contributed by atoms with Crippen molar-refractivity contribution < 1.29 is 11.0 Å². The summed E-state index contributed by atoms with van der Waals surface area (Å²) in [5.74, 6) is -0.663. The molecule has 0 radical (unpaired) electrons. The summed E-state index contributed by atoms with van der Waals surface area (Å²) in [6.07, 6.45) is 0.542. The molecule has 0 heterocycles. The van der Waals surface area contributed by atoms with E-state index in [1.165, 1.54) is 6.92 Å². The molecule has 0 aromatic carbocycles. The van der Waals surface area contributed by atoms with Crippen LogP contribution >= 0.6 is 0 Å². The fraction of sp³-hybridized carbons (Fsp3) is 0.778. The number of hydrogen-bond donors (Lipinski definition) is 3. The molecule has 0 rings (SSSR count). The number of amides is 2. The van der Waals surface area contributed by atoms with Crippen molar-refractivity contribution >= 4 is 11.8 Å². The first-order valence-corrected chi connectivity index (χ1v) is 4.65. The maximum absolute atomic E-state index is 11.5. The van der Waals surface area contributed by atoms with Gasteiger partial charge in [-0.05, 0) is 19.3 Å². The summed E-state index contributed by atoms with van der Waals surface area (Å²) in [7, 11) is 0. The Labute approximate surface area is 85.7 Å². The van der Waals surface area contributed by atoms with E-state index >= 15 is 0 Å². The molecule has 82 valence electrons. The summed E-state index contributed by atoms with van der Waals surface area (Å²) in [6.45, 7) is 5.42. The van der Waals surface area contributed by atoms with Crippen LogP contribution in [0.15, 0.2) is 0 Å². The third kappa shape index (κ3) is 4.81. The molecule has 2 amide bonds. The predicted octanol–water partition coefficient (Wildman–Crippen LogP) is -0.650. The molecule has 5 N–H and O–H groups in total. The van der Waals surface area contributed by atoms with Crippen LogP contribution in [-0.4, -0.2) is 23.9 Å². The molecule has 2 atom stereocenters. The Balaban J connectivity index is 4.21. The standard InChI is InChI=1S/C9H19N3O2/c1-5(2)4-7(10)9(14)12-6(3)8(11)13/h5-7H,4,10H2,1-3H3,(H2,11,13)(H,12,14)/t6?,7-/m0/s1/i/hD. The van der Waals surface area contributed by atoms with Gasteiger partial charge in [0, 0.05) is 0 Å². The SMILES string of the molecule is [2H]N[C@@H](CC(C)C)C(=O)NC(C)C(N)=O. The van der Waals surface area contributed by atoms with Crippen LogP contribution in [0.4, 0.5) is 0 Å². The molecule has 0 saturated heterocycles. The number of nitrogens with two attached hydrogens (primary N) is 2. The van der Waals surface area contributed by atoms with Crippen LogP contribution in [0.1, 0.15) is 27.2 Å². The number of nitrogens with one attached hydrogen (secondary N) is 1. The van der Waals surface area contributed by atoms with E-state index in [2.05, 4.69) is 11.0 Å². The van der Waals surface area contributed by atoms with Gasteiger partial charge in [0.25, 0.3) is 0 Å². The van der Waals surface area contributed by atoms with E-state index in [1.54, 1.807) is 0 Å². The highest BCUT2D eigenvalue weighted by molar-refractivity contribution is 5.88. The Bertz CT molecular complexity index is 233. The summed E-state index contributed by atoms with van der Waals surface area (Å²) >= 11 is 0. The lowest BCUT2D eigenvalue weighted by Crippen LogP contribution is -2.49. The zero-order valence-electron chi connectivity index (χ0n) is 9.83. The second-order valence-corrected chi connectivity index (χ2v) is 3.81. The topological polar surface area (TPSA) is 98.2 Å². The molecule has 0 saturated carbocycles. The molecule has 0 bridgehead atoms. The van der Waals surface area contributed by atoms with Crippen molar-refractivity contribution in [1.29, 1.82) is 0 Å². The van der Waals surface area contributed by atoms with Gasteiger partial charge in [-0.3, -0.25) is 9.59 Å². The number of rotatable bonds is 6. The third-order valence-electron chi connectivity index (χ3n) is 1.81. The summed E-state index contributed by atoms with van der Waals surface area (Å²) in [4.78, 5) is 22.2. The van der Waals surface area contributed by atoms with Gasteiger partial charge in [0.05, 0.1) is 6.04 Å². The van der Waals surface area contributed by atoms with Gasteiger partial charge in [0.2, 0.25) is 11.8 Å². The molecular weight excluding hydrogens is 182 g/mol. The van der Waals surface area contributed by atoms with Crippen LogP contribution in [0.5, 0.6) is 0 Å². The number of carbonyl (C=O) groups is 2. The fourth-order valence-electron chi connectivity index (χ4n) is 0.964. The zero-order chi connectivity index (χ0) is 12.0. The van der Waals surface area contributed by atoms with Crippen LogP contribution in [-0.2, 0) is 9.59 Å². The molecule has 5 nitrogen and oxygen atoms in total. The second kappa shape index (κ2) is 5.59. The van der Waals surface area contributed by atoms with Crippen molar-refractivity contribution in [2.24, 2.45) is 17.4 Å². The molecule has 0 aliphatic heterocycles. The largest absolute Gasteiger partial charge is 0.368 e. The first-order chi connectivity index (χ1) is 6.88. The molecule has 0 aliphatic rings. The summed E-state index contributed by atoms with van der Waals surface area (Å²) in [6, 6.07) is -1.31. The molecule has 0 aliphatic carbocycles. The van der Waals surface area contributed by atoms with Crippen molar-refractivity contribution in [3.63, 3.8) is 0 Å². The molecular formula is C9H19N3O2. The summed E-state index contributed by atoms with van der Waals surface area (Å²) in [5, 5.41) is 2.44. The Morgan fingerprint density at radius 2 is 2.00 bits per heavy atom. The van der Waals surface area contributed by atoms with Gasteiger partial charge in [0.1, 0.15) is 7.45 Å². The Kier molecular flexibility index (Phi) is 4.39. The van der Waals surface area contributed by atoms with Crippen LogP contribution in [0.3, 0.4) is 0 Å². The lowest BCUT2D eigenvalue weighted by atomic mass is 10.0. The van der Waals surface area contributed by atoms with E-state index < -0.39 is 18.0 Å². The normalized spacial score (nSPS) is 15.9. The highest BCUT2D eigenvalue weighted by Gasteiger charge is 2.18. The van der Waals surface area contributed by atoms with Gasteiger partial charge in [-0.2, -0.15) is 0 Å². The van der Waals surface area contributed by atoms with E-state index in [9.17, 15) is 9.59 Å². The number of primary amides is 1. The van der Waals surface area contributed by atoms with Gasteiger partial charge >= 0.3 is 0 Å². The van der Waals surface area contributed by atoms with Gasteiger partial charge < -0.3 is 16.8 Å². The van der Waals surface area contributed by atoms with E-state index in [-0.39, 0.29) is 5.91 Å². The lowest BCUT2D eigenvalue weighted by molar-refractivity contribution is -0.127. The third-order valence-corrected chi connectivity index (χ3v) is 1.81. The quantitative estimate of drug-likeness (QED) is 0.533. The van der Waals surface area contributed by atoms with E-state index in [1.807, 2.05) is 13.8 Å². The first kappa shape index (κ1) is 11.0. The summed E-state index contributed by atoms with van der Waals surface area (Å²) < 4.78 is 7.01. The molecule has 0 spiro atoms. The van der Waals surface area contributed by atoms with Crippen molar-refractivity contribution in [2.45, 2.75) is 39.3 Å². The van der Waals surface area contributed by atoms with Gasteiger partial charge in [-0.25, -0.2) is 0 Å². The van der Waals surface area contributed by atoms with Gasteiger partial charge in [-0.1, -0.05) is 13.8 Å². The summed E-state index contributed by atoms with van der Waals surface area (Å²) in [5.41, 5.74) is 7.17. The lowest BCUT2D eigenvalue weighted by Gasteiger charge is -2.16. The molecule has 0 aromatic heterocycles. The first-order valence-electron chi connectivity index (χ1n) is 5.15. The Morgan fingerprint density at radius 3 is 2.36 bits per heavy atom. The zero-order valence-corrected chi connectivity index (χ0v) is 8.83. The van der Waals surface area contributed by atoms with Gasteiger partial charge in [0.15, 0.2) is 0 Å². The minimum atomic E-state index is -0.708. The maximum atomic E-state index is 11.5. The predicted molar refractivity (Wildman–Crippen MR) is 54.2 cm³/mol.